The number of ether oxygens (including phenoxy) is 1. The van der Waals surface area contributed by atoms with Crippen molar-refractivity contribution >= 4 is 34.5 Å². The molecule has 0 fully saturated rings. The van der Waals surface area contributed by atoms with Gasteiger partial charge in [0.05, 0.1) is 7.11 Å². The van der Waals surface area contributed by atoms with Crippen LogP contribution in [0.2, 0.25) is 0 Å². The molecule has 0 aliphatic heterocycles. The molecule has 1 N–H and O–H groups in total. The van der Waals surface area contributed by atoms with Crippen molar-refractivity contribution in [2.24, 2.45) is 5.16 Å². The van der Waals surface area contributed by atoms with E-state index in [0.717, 1.165) is 36.3 Å². The number of esters is 1. The van der Waals surface area contributed by atoms with E-state index in [9.17, 15) is 27.9 Å². The first-order valence-corrected chi connectivity index (χ1v) is 6.95. The Labute approximate surface area is 145 Å². The standard InChI is InChI=1S/C14H14ClF3N2O5/c1-8(15)19-25-12(22)20(2)10-6-4-9(5-7-10)13(23,11(21)24-3)14(16,17)18/h4-7,23H,1-3H3/b19-8-/t13-/m0/s1. The monoisotopic (exact) mass is 382 g/mol. The number of nitrogens with zero attached hydrogens (tertiary/aromatic N) is 2. The van der Waals surface area contributed by atoms with Gasteiger partial charge in [0.15, 0.2) is 0 Å². The minimum absolute atomic E-state index is 0.0367. The Kier molecular flexibility index (Phi) is 6.38. The topological polar surface area (TPSA) is 88.4 Å². The van der Waals surface area contributed by atoms with E-state index in [1.807, 2.05) is 0 Å². The summed E-state index contributed by atoms with van der Waals surface area (Å²) in [5, 5.41) is 13.0. The van der Waals surface area contributed by atoms with Crippen molar-refractivity contribution in [2.45, 2.75) is 18.7 Å². The molecule has 1 amide bonds. The van der Waals surface area contributed by atoms with Gasteiger partial charge >= 0.3 is 18.2 Å². The molecule has 0 aromatic heterocycles. The summed E-state index contributed by atoms with van der Waals surface area (Å²) in [6, 6.07) is 3.82. The van der Waals surface area contributed by atoms with E-state index in [4.69, 9.17) is 11.6 Å². The molecule has 0 heterocycles. The van der Waals surface area contributed by atoms with E-state index >= 15 is 0 Å². The molecule has 1 aromatic rings. The van der Waals surface area contributed by atoms with E-state index in [1.165, 1.54) is 14.0 Å². The third-order valence-corrected chi connectivity index (χ3v) is 3.16. The van der Waals surface area contributed by atoms with Crippen LogP contribution >= 0.6 is 11.6 Å². The average molecular weight is 383 g/mol. The fourth-order valence-corrected chi connectivity index (χ4v) is 1.77. The maximum absolute atomic E-state index is 13.1. The number of carbonyl (C=O) groups is 2. The maximum Gasteiger partial charge on any atom is 0.440 e. The summed E-state index contributed by atoms with van der Waals surface area (Å²) in [4.78, 5) is 28.5. The highest BCUT2D eigenvalue weighted by Crippen LogP contribution is 2.40. The van der Waals surface area contributed by atoms with Crippen LogP contribution < -0.4 is 4.90 Å². The van der Waals surface area contributed by atoms with E-state index in [2.05, 4.69) is 14.7 Å². The fourth-order valence-electron chi connectivity index (χ4n) is 1.74. The van der Waals surface area contributed by atoms with E-state index in [0.29, 0.717) is 0 Å². The van der Waals surface area contributed by atoms with Gasteiger partial charge < -0.3 is 9.84 Å². The lowest BCUT2D eigenvalue weighted by Gasteiger charge is -2.28. The van der Waals surface area contributed by atoms with E-state index in [1.54, 1.807) is 0 Å². The summed E-state index contributed by atoms with van der Waals surface area (Å²) in [7, 11) is 1.99. The van der Waals surface area contributed by atoms with Gasteiger partial charge in [-0.2, -0.15) is 13.2 Å². The number of aliphatic hydroxyl groups is 1. The smallest absolute Gasteiger partial charge is 0.440 e. The van der Waals surface area contributed by atoms with Gasteiger partial charge in [-0.15, -0.1) is 0 Å². The van der Waals surface area contributed by atoms with Gasteiger partial charge in [-0.3, -0.25) is 9.74 Å². The molecule has 0 radical (unpaired) electrons. The lowest BCUT2D eigenvalue weighted by Crippen LogP contribution is -2.49. The van der Waals surface area contributed by atoms with Crippen LogP contribution in [0.15, 0.2) is 29.4 Å². The Morgan fingerprint density at radius 2 is 1.76 bits per heavy atom. The fraction of sp³-hybridized carbons (Fsp3) is 0.357. The van der Waals surface area contributed by atoms with Gasteiger partial charge in [0.1, 0.15) is 5.17 Å². The summed E-state index contributed by atoms with van der Waals surface area (Å²) in [6.07, 6.45) is -6.26. The number of oxime groups is 1. The molecule has 0 unspecified atom stereocenters. The molecule has 0 spiro atoms. The van der Waals surface area contributed by atoms with Crippen molar-refractivity contribution in [3.8, 4) is 0 Å². The van der Waals surface area contributed by atoms with Crippen molar-refractivity contribution < 1.29 is 37.4 Å². The van der Waals surface area contributed by atoms with E-state index in [-0.39, 0.29) is 10.9 Å². The number of alkyl halides is 3. The predicted molar refractivity (Wildman–Crippen MR) is 82.3 cm³/mol. The number of hydrogen-bond donors (Lipinski definition) is 1. The zero-order chi connectivity index (χ0) is 19.4. The van der Waals surface area contributed by atoms with Crippen molar-refractivity contribution in [3.63, 3.8) is 0 Å². The van der Waals surface area contributed by atoms with Gasteiger partial charge in [0.2, 0.25) is 0 Å². The van der Waals surface area contributed by atoms with Crippen molar-refractivity contribution in [3.05, 3.63) is 29.8 Å². The molecule has 0 saturated heterocycles. The number of benzene rings is 1. The molecule has 0 aliphatic rings. The third kappa shape index (κ3) is 4.40. The Balaban J connectivity index is 3.14. The Hall–Kier alpha value is -2.33. The minimum Gasteiger partial charge on any atom is -0.466 e. The first-order chi connectivity index (χ1) is 11.4. The number of carbonyl (C=O) groups excluding carboxylic acids is 2. The van der Waals surface area contributed by atoms with Gasteiger partial charge in [0, 0.05) is 18.3 Å². The molecule has 138 valence electrons. The Bertz CT molecular complexity index is 674. The molecule has 0 saturated carbocycles. The van der Waals surface area contributed by atoms with Gasteiger partial charge in [0.25, 0.3) is 5.60 Å². The Morgan fingerprint density at radius 1 is 1.24 bits per heavy atom. The Morgan fingerprint density at radius 3 is 2.16 bits per heavy atom. The molecule has 0 bridgehead atoms. The third-order valence-electron chi connectivity index (χ3n) is 3.09. The van der Waals surface area contributed by atoms with Crippen molar-refractivity contribution in [2.75, 3.05) is 19.1 Å². The van der Waals surface area contributed by atoms with Crippen LogP contribution in [0, 0.1) is 0 Å². The SMILES string of the molecule is COC(=O)[C@@](O)(c1ccc(N(C)C(=O)O/N=C(/C)Cl)cc1)C(F)(F)F. The number of rotatable bonds is 4. The molecule has 0 aliphatic carbocycles. The van der Waals surface area contributed by atoms with E-state index < -0.39 is 29.4 Å². The van der Waals surface area contributed by atoms with Crippen LogP contribution in [0.1, 0.15) is 12.5 Å². The molecule has 11 heteroatoms. The maximum atomic E-state index is 13.1. The first-order valence-electron chi connectivity index (χ1n) is 6.58. The van der Waals surface area contributed by atoms with Crippen LogP contribution in [-0.4, -0.2) is 42.7 Å². The number of amides is 1. The first kappa shape index (κ1) is 20.7. The highest BCUT2D eigenvalue weighted by molar-refractivity contribution is 6.64. The summed E-state index contributed by atoms with van der Waals surface area (Å²) >= 11 is 5.41. The number of anilines is 1. The second-order valence-corrected chi connectivity index (χ2v) is 5.30. The second-order valence-electron chi connectivity index (χ2n) is 4.75. The summed E-state index contributed by atoms with van der Waals surface area (Å²) in [6.45, 7) is 1.37. The molecule has 1 aromatic carbocycles. The molecular formula is C14H14ClF3N2O5. The van der Waals surface area contributed by atoms with Crippen LogP contribution in [-0.2, 0) is 20.0 Å². The minimum atomic E-state index is -5.31. The highest BCUT2D eigenvalue weighted by Gasteiger charge is 2.62. The molecule has 7 nitrogen and oxygen atoms in total. The predicted octanol–water partition coefficient (Wildman–Crippen LogP) is 2.75. The normalized spacial score (nSPS) is 14.5. The summed E-state index contributed by atoms with van der Waals surface area (Å²) in [5.74, 6) is -1.88. The number of methoxy groups -OCH3 is 1. The largest absolute Gasteiger partial charge is 0.466 e. The zero-order valence-corrected chi connectivity index (χ0v) is 14.1. The molecule has 1 rings (SSSR count). The van der Waals surface area contributed by atoms with Crippen LogP contribution in [0.5, 0.6) is 0 Å². The van der Waals surface area contributed by atoms with Crippen LogP contribution in [0.3, 0.4) is 0 Å². The second kappa shape index (κ2) is 7.70. The molecule has 25 heavy (non-hydrogen) atoms. The average Bonchev–Trinajstić information content (AvgIpc) is 2.56. The number of halogens is 4. The highest BCUT2D eigenvalue weighted by atomic mass is 35.5. The molecule has 1 atom stereocenters. The quantitative estimate of drug-likeness (QED) is 0.374. The lowest BCUT2D eigenvalue weighted by molar-refractivity contribution is -0.266. The summed E-state index contributed by atoms with van der Waals surface area (Å²) in [5.41, 5.74) is -4.49. The van der Waals surface area contributed by atoms with Crippen molar-refractivity contribution in [1.29, 1.82) is 0 Å². The van der Waals surface area contributed by atoms with Crippen LogP contribution in [0.25, 0.3) is 0 Å². The van der Waals surface area contributed by atoms with Gasteiger partial charge in [-0.05, 0) is 19.1 Å². The zero-order valence-electron chi connectivity index (χ0n) is 13.3. The lowest BCUT2D eigenvalue weighted by atomic mass is 9.93. The van der Waals surface area contributed by atoms with Crippen molar-refractivity contribution in [1.82, 2.24) is 0 Å². The van der Waals surface area contributed by atoms with Gasteiger partial charge in [-0.1, -0.05) is 28.9 Å². The molecular weight excluding hydrogens is 369 g/mol. The van der Waals surface area contributed by atoms with Crippen LogP contribution in [0.4, 0.5) is 23.7 Å². The number of hydrogen-bond acceptors (Lipinski definition) is 6. The van der Waals surface area contributed by atoms with Gasteiger partial charge in [-0.25, -0.2) is 9.59 Å². The summed E-state index contributed by atoms with van der Waals surface area (Å²) < 4.78 is 43.4.